The van der Waals surface area contributed by atoms with Gasteiger partial charge in [0.15, 0.2) is 11.8 Å². The van der Waals surface area contributed by atoms with E-state index in [1.807, 2.05) is 6.92 Å². The summed E-state index contributed by atoms with van der Waals surface area (Å²) in [6.45, 7) is 15.8. The monoisotopic (exact) mass is 495 g/mol. The average Bonchev–Trinajstić information content (AvgIpc) is 3.07. The van der Waals surface area contributed by atoms with E-state index in [1.165, 1.54) is 0 Å². The zero-order valence-corrected chi connectivity index (χ0v) is 20.1. The molecule has 1 aromatic heterocycles. The lowest BCUT2D eigenvalue weighted by Crippen LogP contribution is -2.39. The molecule has 1 aromatic rings. The van der Waals surface area contributed by atoms with Gasteiger partial charge in [-0.2, -0.15) is 4.98 Å². The molecule has 0 saturated carbocycles. The van der Waals surface area contributed by atoms with Crippen molar-refractivity contribution in [2.24, 2.45) is 10.9 Å². The number of nitrogens with one attached hydrogen (secondary N) is 2. The van der Waals surface area contributed by atoms with Gasteiger partial charge in [0.25, 0.3) is 0 Å². The molecule has 0 aliphatic rings. The van der Waals surface area contributed by atoms with Crippen molar-refractivity contribution in [2.45, 2.75) is 72.8 Å². The Balaban J connectivity index is 0.00000676. The number of guanidine groups is 1. The molecule has 27 heavy (non-hydrogen) atoms. The lowest BCUT2D eigenvalue weighted by Gasteiger charge is -2.21. The van der Waals surface area contributed by atoms with Gasteiger partial charge in [-0.25, -0.2) is 0 Å². The predicted octanol–water partition coefficient (Wildman–Crippen LogP) is 3.75. The van der Waals surface area contributed by atoms with Crippen LogP contribution in [0.3, 0.4) is 0 Å². The van der Waals surface area contributed by atoms with Crippen molar-refractivity contribution >= 4 is 29.9 Å². The van der Waals surface area contributed by atoms with Gasteiger partial charge >= 0.3 is 0 Å². The minimum atomic E-state index is 0. The third kappa shape index (κ3) is 10.9. The number of nitrogens with zero attached hydrogens (tertiary/aromatic N) is 3. The Morgan fingerprint density at radius 3 is 2.48 bits per heavy atom. The lowest BCUT2D eigenvalue weighted by molar-refractivity contribution is 0.0258. The first kappa shape index (κ1) is 26.1. The first-order chi connectivity index (χ1) is 12.5. The van der Waals surface area contributed by atoms with Gasteiger partial charge in [0.2, 0.25) is 5.89 Å². The smallest absolute Gasteiger partial charge is 0.226 e. The molecule has 0 radical (unpaired) electrons. The summed E-state index contributed by atoms with van der Waals surface area (Å²) in [4.78, 5) is 9.02. The summed E-state index contributed by atoms with van der Waals surface area (Å²) in [5.74, 6) is 3.12. The molecule has 0 aliphatic heterocycles. The molecule has 1 heterocycles. The van der Waals surface area contributed by atoms with E-state index in [0.717, 1.165) is 50.7 Å². The second-order valence-electron chi connectivity index (χ2n) is 7.02. The maximum Gasteiger partial charge on any atom is 0.226 e. The number of rotatable bonds is 12. The Kier molecular flexibility index (Phi) is 14.6. The largest absolute Gasteiger partial charge is 0.378 e. The van der Waals surface area contributed by atoms with Crippen LogP contribution in [0.15, 0.2) is 9.52 Å². The van der Waals surface area contributed by atoms with Crippen molar-refractivity contribution in [1.29, 1.82) is 0 Å². The van der Waals surface area contributed by atoms with Crippen LogP contribution in [-0.4, -0.2) is 48.4 Å². The molecule has 0 fully saturated rings. The highest BCUT2D eigenvalue weighted by atomic mass is 127. The van der Waals surface area contributed by atoms with E-state index in [1.54, 1.807) is 0 Å². The summed E-state index contributed by atoms with van der Waals surface area (Å²) in [6.07, 6.45) is 2.88. The first-order valence-electron chi connectivity index (χ1n) is 9.94. The fraction of sp³-hybridized carbons (Fsp3) is 0.842. The van der Waals surface area contributed by atoms with Crippen molar-refractivity contribution < 1.29 is 9.26 Å². The molecule has 1 rings (SSSR count). The average molecular weight is 495 g/mol. The second-order valence-corrected chi connectivity index (χ2v) is 7.02. The van der Waals surface area contributed by atoms with Crippen LogP contribution in [-0.2, 0) is 11.2 Å². The second kappa shape index (κ2) is 15.1. The van der Waals surface area contributed by atoms with Gasteiger partial charge in [0.1, 0.15) is 0 Å². The van der Waals surface area contributed by atoms with Crippen LogP contribution in [0.5, 0.6) is 0 Å². The molecule has 1 unspecified atom stereocenters. The quantitative estimate of drug-likeness (QED) is 0.199. The first-order valence-corrected chi connectivity index (χ1v) is 9.94. The number of aromatic nitrogens is 2. The van der Waals surface area contributed by atoms with Gasteiger partial charge in [-0.15, -0.1) is 24.0 Å². The normalized spacial score (nSPS) is 13.0. The molecule has 2 N–H and O–H groups in total. The summed E-state index contributed by atoms with van der Waals surface area (Å²) >= 11 is 0. The van der Waals surface area contributed by atoms with Crippen molar-refractivity contribution in [3.8, 4) is 0 Å². The summed E-state index contributed by atoms with van der Waals surface area (Å²) in [5, 5.41) is 10.7. The number of aliphatic imine (C=N–C) groups is 1. The maximum atomic E-state index is 5.79. The van der Waals surface area contributed by atoms with Gasteiger partial charge in [-0.1, -0.05) is 32.9 Å². The van der Waals surface area contributed by atoms with E-state index in [2.05, 4.69) is 60.4 Å². The van der Waals surface area contributed by atoms with Crippen molar-refractivity contribution in [2.75, 3.05) is 26.2 Å². The molecule has 8 heteroatoms. The summed E-state index contributed by atoms with van der Waals surface area (Å²) in [6, 6.07) is 0. The summed E-state index contributed by atoms with van der Waals surface area (Å²) in [5.41, 5.74) is 0. The highest BCUT2D eigenvalue weighted by Crippen LogP contribution is 2.11. The topological polar surface area (TPSA) is 84.6 Å². The van der Waals surface area contributed by atoms with Crippen molar-refractivity contribution in [3.63, 3.8) is 0 Å². The van der Waals surface area contributed by atoms with E-state index >= 15 is 0 Å². The van der Waals surface area contributed by atoms with E-state index in [9.17, 15) is 0 Å². The zero-order valence-electron chi connectivity index (χ0n) is 17.7. The maximum absolute atomic E-state index is 5.79. The van der Waals surface area contributed by atoms with Gasteiger partial charge < -0.3 is 19.9 Å². The molecule has 0 bridgehead atoms. The van der Waals surface area contributed by atoms with Crippen LogP contribution in [0, 0.1) is 5.92 Å². The molecule has 7 nitrogen and oxygen atoms in total. The number of halogens is 1. The van der Waals surface area contributed by atoms with Crippen molar-refractivity contribution in [1.82, 2.24) is 20.8 Å². The standard InChI is InChI=1S/C19H37N5O2.HI/c1-7-20-19(22-13-11-16(14(3)4)25-8-2)21-12-9-10-17-23-18(15(5)6)24-26-17;/h14-16H,7-13H2,1-6H3,(H2,20,21,22);1H. The molecule has 0 spiro atoms. The fourth-order valence-electron chi connectivity index (χ4n) is 2.52. The lowest BCUT2D eigenvalue weighted by atomic mass is 10.0. The van der Waals surface area contributed by atoms with Crippen LogP contribution in [0.1, 0.15) is 72.0 Å². The van der Waals surface area contributed by atoms with Gasteiger partial charge in [-0.05, 0) is 32.6 Å². The molecule has 0 saturated heterocycles. The van der Waals surface area contributed by atoms with E-state index in [0.29, 0.717) is 24.3 Å². The fourth-order valence-corrected chi connectivity index (χ4v) is 2.52. The summed E-state index contributed by atoms with van der Waals surface area (Å²) < 4.78 is 11.1. The van der Waals surface area contributed by atoms with Gasteiger partial charge in [-0.3, -0.25) is 4.99 Å². The number of hydrogen-bond donors (Lipinski definition) is 2. The predicted molar refractivity (Wildman–Crippen MR) is 121 cm³/mol. The van der Waals surface area contributed by atoms with E-state index < -0.39 is 0 Å². The van der Waals surface area contributed by atoms with E-state index in [4.69, 9.17) is 9.26 Å². The number of ether oxygens (including phenoxy) is 1. The van der Waals surface area contributed by atoms with Gasteiger partial charge in [0.05, 0.1) is 6.10 Å². The Morgan fingerprint density at radius 2 is 1.93 bits per heavy atom. The molecule has 0 aliphatic carbocycles. The minimum Gasteiger partial charge on any atom is -0.378 e. The molecule has 1 atom stereocenters. The number of aryl methyl sites for hydroxylation is 1. The van der Waals surface area contributed by atoms with Crippen LogP contribution in [0.25, 0.3) is 0 Å². The molecule has 0 amide bonds. The molecule has 0 aromatic carbocycles. The Bertz CT molecular complexity index is 520. The highest BCUT2D eigenvalue weighted by molar-refractivity contribution is 14.0. The Morgan fingerprint density at radius 1 is 1.19 bits per heavy atom. The van der Waals surface area contributed by atoms with Crippen LogP contribution >= 0.6 is 24.0 Å². The van der Waals surface area contributed by atoms with Crippen LogP contribution < -0.4 is 10.6 Å². The highest BCUT2D eigenvalue weighted by Gasteiger charge is 2.13. The summed E-state index contributed by atoms with van der Waals surface area (Å²) in [7, 11) is 0. The SMILES string of the molecule is CCNC(=NCCCc1nc(C(C)C)no1)NCCC(OCC)C(C)C.I. The van der Waals surface area contributed by atoms with Crippen LogP contribution in [0.2, 0.25) is 0 Å². The minimum absolute atomic E-state index is 0. The molecular weight excluding hydrogens is 457 g/mol. The van der Waals surface area contributed by atoms with Crippen molar-refractivity contribution in [3.05, 3.63) is 11.7 Å². The van der Waals surface area contributed by atoms with Crippen LogP contribution in [0.4, 0.5) is 0 Å². The van der Waals surface area contributed by atoms with Gasteiger partial charge in [0, 0.05) is 38.6 Å². The Hall–Kier alpha value is -0.900. The third-order valence-corrected chi connectivity index (χ3v) is 4.01. The Labute approximate surface area is 181 Å². The third-order valence-electron chi connectivity index (χ3n) is 4.01. The zero-order chi connectivity index (χ0) is 19.4. The molecular formula is C19H38IN5O2. The van der Waals surface area contributed by atoms with E-state index in [-0.39, 0.29) is 30.1 Å². The number of hydrogen-bond acceptors (Lipinski definition) is 5. The molecule has 158 valence electrons.